The lowest BCUT2D eigenvalue weighted by molar-refractivity contribution is -0.159. The first-order valence-electron chi connectivity index (χ1n) is 17.4. The van der Waals surface area contributed by atoms with E-state index in [9.17, 15) is 24.0 Å². The Bertz CT molecular complexity index is 1660. The Kier molecular flexibility index (Phi) is 13.0. The standard InChI is InChI=1S/C40H50N4O7/c1-24(2)21-34(38(48)51-40(5,6)7)44-35(45)25(3)41-37(47)33(22-27-15-9-8-10-16-27)43-36(46)26(4)42-39(49)50-23-32-30-19-13-11-17-28(30)29-18-12-14-20-31(29)32/h8-20,24-26,32-34H,21-23H2,1-7H3,(H,41,47)(H,42,49)(H,43,46)(H,44,45)/t25-,26-,33-,34-/m0/s1. The van der Waals surface area contributed by atoms with Gasteiger partial charge in [-0.1, -0.05) is 92.7 Å². The van der Waals surface area contributed by atoms with Crippen LogP contribution in [0.3, 0.4) is 0 Å². The number of carbonyl (C=O) groups excluding carboxylic acids is 5. The van der Waals surface area contributed by atoms with Crippen molar-refractivity contribution >= 4 is 29.8 Å². The minimum absolute atomic E-state index is 0.0825. The summed E-state index contributed by atoms with van der Waals surface area (Å²) in [5.41, 5.74) is 4.36. The van der Waals surface area contributed by atoms with E-state index in [1.807, 2.05) is 92.7 Å². The molecular formula is C40H50N4O7. The molecule has 4 amide bonds. The Morgan fingerprint density at radius 3 is 1.71 bits per heavy atom. The molecule has 4 N–H and O–H groups in total. The van der Waals surface area contributed by atoms with Crippen LogP contribution in [0.25, 0.3) is 11.1 Å². The maximum absolute atomic E-state index is 13.6. The van der Waals surface area contributed by atoms with Gasteiger partial charge in [0.25, 0.3) is 0 Å². The van der Waals surface area contributed by atoms with Crippen LogP contribution in [0.1, 0.15) is 77.5 Å². The van der Waals surface area contributed by atoms with E-state index in [0.29, 0.717) is 6.42 Å². The van der Waals surface area contributed by atoms with E-state index in [4.69, 9.17) is 9.47 Å². The summed E-state index contributed by atoms with van der Waals surface area (Å²) in [7, 11) is 0. The molecule has 0 unspecified atom stereocenters. The average molecular weight is 699 g/mol. The van der Waals surface area contributed by atoms with Crippen molar-refractivity contribution in [3.05, 3.63) is 95.6 Å². The maximum atomic E-state index is 13.6. The fourth-order valence-corrected chi connectivity index (χ4v) is 5.97. The Morgan fingerprint density at radius 2 is 1.16 bits per heavy atom. The average Bonchev–Trinajstić information content (AvgIpc) is 3.39. The summed E-state index contributed by atoms with van der Waals surface area (Å²) in [6.45, 7) is 12.2. The molecule has 3 aromatic carbocycles. The molecule has 1 aliphatic rings. The zero-order valence-electron chi connectivity index (χ0n) is 30.4. The minimum atomic E-state index is -1.08. The minimum Gasteiger partial charge on any atom is -0.458 e. The molecule has 0 fully saturated rings. The molecule has 0 bridgehead atoms. The number of ether oxygens (including phenoxy) is 2. The van der Waals surface area contributed by atoms with Crippen molar-refractivity contribution in [1.82, 2.24) is 21.3 Å². The summed E-state index contributed by atoms with van der Waals surface area (Å²) in [6.07, 6.45) is -0.296. The number of benzene rings is 3. The van der Waals surface area contributed by atoms with Crippen LogP contribution in [0.4, 0.5) is 4.79 Å². The van der Waals surface area contributed by atoms with Crippen LogP contribution >= 0.6 is 0 Å². The predicted octanol–water partition coefficient (Wildman–Crippen LogP) is 5.02. The molecule has 1 aliphatic carbocycles. The van der Waals surface area contributed by atoms with E-state index >= 15 is 0 Å². The molecule has 4 atom stereocenters. The first kappa shape index (κ1) is 38.6. The van der Waals surface area contributed by atoms with Gasteiger partial charge in [0.05, 0.1) is 0 Å². The number of carbonyl (C=O) groups is 5. The van der Waals surface area contributed by atoms with Gasteiger partial charge in [-0.15, -0.1) is 0 Å². The highest BCUT2D eigenvalue weighted by Crippen LogP contribution is 2.44. The second-order valence-electron chi connectivity index (χ2n) is 14.4. The lowest BCUT2D eigenvalue weighted by atomic mass is 9.98. The highest BCUT2D eigenvalue weighted by molar-refractivity contribution is 5.94. The Morgan fingerprint density at radius 1 is 0.647 bits per heavy atom. The number of fused-ring (bicyclic) bond motifs is 3. The SMILES string of the molecule is CC(C)C[C@H](NC(=O)[C@H](C)NC(=O)[C@H](Cc1ccccc1)NC(=O)[C@H](C)NC(=O)OCC1c2ccccc2-c2ccccc21)C(=O)OC(C)(C)C. The van der Waals surface area contributed by atoms with Crippen molar-refractivity contribution in [3.8, 4) is 11.1 Å². The molecule has 3 aromatic rings. The van der Waals surface area contributed by atoms with E-state index in [0.717, 1.165) is 27.8 Å². The van der Waals surface area contributed by atoms with E-state index in [2.05, 4.69) is 21.3 Å². The van der Waals surface area contributed by atoms with Crippen molar-refractivity contribution < 1.29 is 33.4 Å². The summed E-state index contributed by atoms with van der Waals surface area (Å²) >= 11 is 0. The maximum Gasteiger partial charge on any atom is 0.407 e. The first-order chi connectivity index (χ1) is 24.1. The van der Waals surface area contributed by atoms with Gasteiger partial charge in [0, 0.05) is 12.3 Å². The number of esters is 1. The van der Waals surface area contributed by atoms with E-state index in [1.54, 1.807) is 20.8 Å². The quantitative estimate of drug-likeness (QED) is 0.173. The summed E-state index contributed by atoms with van der Waals surface area (Å²) in [5, 5.41) is 10.7. The second kappa shape index (κ2) is 17.2. The van der Waals surface area contributed by atoms with Gasteiger partial charge >= 0.3 is 12.1 Å². The Balaban J connectivity index is 1.37. The van der Waals surface area contributed by atoms with Gasteiger partial charge in [0.15, 0.2) is 0 Å². The summed E-state index contributed by atoms with van der Waals surface area (Å²) in [5.74, 6) is -2.41. The fourth-order valence-electron chi connectivity index (χ4n) is 5.97. The number of amides is 4. The number of hydrogen-bond donors (Lipinski definition) is 4. The molecule has 0 radical (unpaired) electrons. The van der Waals surface area contributed by atoms with Gasteiger partial charge in [-0.25, -0.2) is 9.59 Å². The molecule has 11 heteroatoms. The van der Waals surface area contributed by atoms with Crippen molar-refractivity contribution in [2.24, 2.45) is 5.92 Å². The zero-order chi connectivity index (χ0) is 37.3. The lowest BCUT2D eigenvalue weighted by Crippen LogP contribution is -2.57. The largest absolute Gasteiger partial charge is 0.458 e. The van der Waals surface area contributed by atoms with Crippen LogP contribution in [0.5, 0.6) is 0 Å². The Hall–Kier alpha value is -5.19. The summed E-state index contributed by atoms with van der Waals surface area (Å²) in [4.78, 5) is 65.8. The van der Waals surface area contributed by atoms with Gasteiger partial charge in [-0.05, 0) is 74.8 Å². The number of alkyl carbamates (subject to hydrolysis) is 1. The topological polar surface area (TPSA) is 152 Å². The summed E-state index contributed by atoms with van der Waals surface area (Å²) < 4.78 is 11.1. The molecule has 51 heavy (non-hydrogen) atoms. The molecule has 0 saturated heterocycles. The van der Waals surface area contributed by atoms with Gasteiger partial charge in [-0.3, -0.25) is 14.4 Å². The van der Waals surface area contributed by atoms with Crippen LogP contribution in [0.2, 0.25) is 0 Å². The molecule has 0 aliphatic heterocycles. The highest BCUT2D eigenvalue weighted by Gasteiger charge is 2.32. The van der Waals surface area contributed by atoms with Gasteiger partial charge in [-0.2, -0.15) is 0 Å². The third-order valence-corrected chi connectivity index (χ3v) is 8.45. The van der Waals surface area contributed by atoms with E-state index < -0.39 is 59.6 Å². The summed E-state index contributed by atoms with van der Waals surface area (Å²) in [6, 6.07) is 21.0. The molecule has 11 nitrogen and oxygen atoms in total. The van der Waals surface area contributed by atoms with Crippen molar-refractivity contribution in [3.63, 3.8) is 0 Å². The van der Waals surface area contributed by atoms with Crippen molar-refractivity contribution in [1.29, 1.82) is 0 Å². The third-order valence-electron chi connectivity index (χ3n) is 8.45. The molecular weight excluding hydrogens is 648 g/mol. The molecule has 0 aromatic heterocycles. The number of nitrogens with one attached hydrogen (secondary N) is 4. The van der Waals surface area contributed by atoms with Crippen LogP contribution < -0.4 is 21.3 Å². The first-order valence-corrected chi connectivity index (χ1v) is 17.4. The van der Waals surface area contributed by atoms with Crippen LogP contribution in [-0.4, -0.2) is 66.2 Å². The van der Waals surface area contributed by atoms with Gasteiger partial charge < -0.3 is 30.7 Å². The fraction of sp³-hybridized carbons (Fsp3) is 0.425. The number of rotatable bonds is 14. The van der Waals surface area contributed by atoms with E-state index in [1.165, 1.54) is 13.8 Å². The number of hydrogen-bond acceptors (Lipinski definition) is 7. The lowest BCUT2D eigenvalue weighted by Gasteiger charge is -2.27. The predicted molar refractivity (Wildman–Crippen MR) is 195 cm³/mol. The zero-order valence-corrected chi connectivity index (χ0v) is 30.4. The molecule has 0 spiro atoms. The van der Waals surface area contributed by atoms with E-state index in [-0.39, 0.29) is 24.9 Å². The normalized spacial score (nSPS) is 14.6. The van der Waals surface area contributed by atoms with Crippen LogP contribution in [-0.2, 0) is 35.1 Å². The Labute approximate surface area is 300 Å². The van der Waals surface area contributed by atoms with Crippen LogP contribution in [0.15, 0.2) is 78.9 Å². The van der Waals surface area contributed by atoms with Gasteiger partial charge in [0.2, 0.25) is 17.7 Å². The smallest absolute Gasteiger partial charge is 0.407 e. The molecule has 0 heterocycles. The molecule has 4 rings (SSSR count). The van der Waals surface area contributed by atoms with Crippen LogP contribution in [0, 0.1) is 5.92 Å². The second-order valence-corrected chi connectivity index (χ2v) is 14.4. The molecule has 272 valence electrons. The van der Waals surface area contributed by atoms with Crippen molar-refractivity contribution in [2.75, 3.05) is 6.61 Å². The monoisotopic (exact) mass is 698 g/mol. The highest BCUT2D eigenvalue weighted by atomic mass is 16.6. The van der Waals surface area contributed by atoms with Crippen molar-refractivity contribution in [2.45, 2.75) is 97.0 Å². The van der Waals surface area contributed by atoms with Gasteiger partial charge in [0.1, 0.15) is 36.4 Å². The molecule has 0 saturated carbocycles. The third kappa shape index (κ3) is 10.9.